The fourth-order valence-electron chi connectivity index (χ4n) is 3.58. The van der Waals surface area contributed by atoms with Gasteiger partial charge >= 0.3 is 5.97 Å². The maximum Gasteiger partial charge on any atom is 0.335 e. The van der Waals surface area contributed by atoms with E-state index in [1.807, 2.05) is 44.4 Å². The highest BCUT2D eigenvalue weighted by molar-refractivity contribution is 5.92. The van der Waals surface area contributed by atoms with Crippen LogP contribution in [0, 0.1) is 6.92 Å². The number of aromatic nitrogens is 3. The summed E-state index contributed by atoms with van der Waals surface area (Å²) in [5, 5.41) is 9.57. The summed E-state index contributed by atoms with van der Waals surface area (Å²) in [6.07, 6.45) is 1.57. The van der Waals surface area contributed by atoms with Crippen LogP contribution in [-0.4, -0.2) is 58.2 Å². The molecular weight excluding hydrogens is 432 g/mol. The monoisotopic (exact) mass is 458 g/mol. The van der Waals surface area contributed by atoms with E-state index in [2.05, 4.69) is 14.9 Å². The van der Waals surface area contributed by atoms with Crippen LogP contribution in [0.15, 0.2) is 65.6 Å². The number of carboxylic acids is 1. The zero-order valence-corrected chi connectivity index (χ0v) is 19.3. The smallest absolute Gasteiger partial charge is 0.335 e. The van der Waals surface area contributed by atoms with E-state index in [0.717, 1.165) is 17.9 Å². The number of likely N-dealkylation sites (N-methyl/N-ethyl adjacent to an activating group) is 1. The first-order chi connectivity index (χ1) is 16.3. The summed E-state index contributed by atoms with van der Waals surface area (Å²) in [4.78, 5) is 36.4. The predicted octanol–water partition coefficient (Wildman–Crippen LogP) is 4.05. The number of nitrogens with one attached hydrogen (secondary N) is 2. The van der Waals surface area contributed by atoms with Gasteiger partial charge in [-0.1, -0.05) is 12.1 Å². The highest BCUT2D eigenvalue weighted by Crippen LogP contribution is 2.33. The molecule has 4 aromatic rings. The summed E-state index contributed by atoms with van der Waals surface area (Å²) in [6.45, 7) is 3.16. The van der Waals surface area contributed by atoms with Crippen LogP contribution in [0.3, 0.4) is 0 Å². The standard InChI is InChI=1S/C26H26N4O4/c1-16-4-5-18(14-21(16)26(32)33)23-24(19-10-11-27-22(31)15-19)29-25(28-23)17-6-8-20(9-7-17)34-13-12-30(2)3/h4-11,14-15H,12-13H2,1-3H3,(H,27,31)(H,28,29)(H,32,33). The molecule has 2 heterocycles. The van der Waals surface area contributed by atoms with E-state index in [9.17, 15) is 14.7 Å². The Morgan fingerprint density at radius 3 is 2.44 bits per heavy atom. The molecule has 0 unspecified atom stereocenters. The SMILES string of the molecule is Cc1ccc(-c2nc(-c3ccc(OCCN(C)C)cc3)[nH]c2-c2cc[nH]c(=O)c2)cc1C(=O)O. The number of aromatic carboxylic acids is 1. The van der Waals surface area contributed by atoms with Crippen molar-refractivity contribution in [2.24, 2.45) is 0 Å². The minimum absolute atomic E-state index is 0.207. The first-order valence-corrected chi connectivity index (χ1v) is 10.8. The van der Waals surface area contributed by atoms with Crippen molar-refractivity contribution in [2.75, 3.05) is 27.2 Å². The molecule has 8 heteroatoms. The van der Waals surface area contributed by atoms with Crippen LogP contribution in [0.25, 0.3) is 33.9 Å². The van der Waals surface area contributed by atoms with Gasteiger partial charge in [0.15, 0.2) is 0 Å². The van der Waals surface area contributed by atoms with Gasteiger partial charge in [0.1, 0.15) is 18.2 Å². The van der Waals surface area contributed by atoms with Gasteiger partial charge in [-0.25, -0.2) is 9.78 Å². The summed E-state index contributed by atoms with van der Waals surface area (Å²) in [5.74, 6) is 0.358. The van der Waals surface area contributed by atoms with E-state index in [1.54, 1.807) is 31.3 Å². The lowest BCUT2D eigenvalue weighted by atomic mass is 10.0. The zero-order valence-electron chi connectivity index (χ0n) is 19.3. The number of aromatic amines is 2. The molecule has 0 spiro atoms. The zero-order chi connectivity index (χ0) is 24.2. The number of imidazole rings is 1. The van der Waals surface area contributed by atoms with Gasteiger partial charge in [0, 0.05) is 35.5 Å². The molecule has 0 aliphatic carbocycles. The lowest BCUT2D eigenvalue weighted by Gasteiger charge is -2.11. The van der Waals surface area contributed by atoms with Crippen LogP contribution in [0.4, 0.5) is 0 Å². The van der Waals surface area contributed by atoms with E-state index in [4.69, 9.17) is 9.72 Å². The molecule has 34 heavy (non-hydrogen) atoms. The van der Waals surface area contributed by atoms with Crippen LogP contribution in [0.5, 0.6) is 5.75 Å². The molecule has 0 bridgehead atoms. The van der Waals surface area contributed by atoms with E-state index < -0.39 is 5.97 Å². The van der Waals surface area contributed by atoms with E-state index >= 15 is 0 Å². The Morgan fingerprint density at radius 1 is 1.03 bits per heavy atom. The van der Waals surface area contributed by atoms with Gasteiger partial charge in [-0.05, 0) is 63.0 Å². The molecule has 0 saturated carbocycles. The first kappa shape index (κ1) is 23.0. The molecule has 2 aromatic carbocycles. The highest BCUT2D eigenvalue weighted by Gasteiger charge is 2.18. The van der Waals surface area contributed by atoms with Crippen molar-refractivity contribution in [1.82, 2.24) is 19.9 Å². The maximum atomic E-state index is 12.0. The normalized spacial score (nSPS) is 11.1. The Labute approximate surface area is 196 Å². The Kier molecular flexibility index (Phi) is 6.60. The molecule has 0 aliphatic rings. The largest absolute Gasteiger partial charge is 0.492 e. The summed E-state index contributed by atoms with van der Waals surface area (Å²) in [7, 11) is 3.99. The van der Waals surface area contributed by atoms with Crippen molar-refractivity contribution in [3.63, 3.8) is 0 Å². The van der Waals surface area contributed by atoms with Crippen LogP contribution in [-0.2, 0) is 0 Å². The van der Waals surface area contributed by atoms with E-state index in [1.165, 1.54) is 6.07 Å². The molecule has 0 radical (unpaired) electrons. The minimum Gasteiger partial charge on any atom is -0.492 e. The van der Waals surface area contributed by atoms with Crippen LogP contribution in [0.2, 0.25) is 0 Å². The minimum atomic E-state index is -1.00. The number of nitrogens with zero attached hydrogens (tertiary/aromatic N) is 2. The molecule has 8 nitrogen and oxygen atoms in total. The van der Waals surface area contributed by atoms with Crippen molar-refractivity contribution in [1.29, 1.82) is 0 Å². The lowest BCUT2D eigenvalue weighted by Crippen LogP contribution is -2.19. The molecule has 0 aliphatic heterocycles. The number of hydrogen-bond donors (Lipinski definition) is 3. The number of rotatable bonds is 8. The van der Waals surface area contributed by atoms with Crippen molar-refractivity contribution < 1.29 is 14.6 Å². The molecule has 0 atom stereocenters. The van der Waals surface area contributed by atoms with Crippen LogP contribution in [0.1, 0.15) is 15.9 Å². The number of hydrogen-bond acceptors (Lipinski definition) is 5. The molecule has 0 amide bonds. The third-order valence-corrected chi connectivity index (χ3v) is 5.44. The number of aryl methyl sites for hydroxylation is 1. The van der Waals surface area contributed by atoms with Crippen LogP contribution >= 0.6 is 0 Å². The van der Waals surface area contributed by atoms with Crippen molar-refractivity contribution in [3.8, 4) is 39.7 Å². The fourth-order valence-corrected chi connectivity index (χ4v) is 3.58. The molecule has 4 rings (SSSR count). The van der Waals surface area contributed by atoms with Gasteiger partial charge < -0.3 is 24.7 Å². The van der Waals surface area contributed by atoms with Gasteiger partial charge in [-0.3, -0.25) is 4.79 Å². The molecule has 0 saturated heterocycles. The summed E-state index contributed by atoms with van der Waals surface area (Å²) >= 11 is 0. The topological polar surface area (TPSA) is 111 Å². The molecule has 174 valence electrons. The van der Waals surface area contributed by atoms with Gasteiger partial charge in [-0.2, -0.15) is 0 Å². The number of pyridine rings is 1. The molecule has 0 fully saturated rings. The summed E-state index contributed by atoms with van der Waals surface area (Å²) < 4.78 is 5.77. The number of H-pyrrole nitrogens is 2. The molecular formula is C26H26N4O4. The average molecular weight is 459 g/mol. The summed E-state index contributed by atoms with van der Waals surface area (Å²) in [6, 6.07) is 16.0. The van der Waals surface area contributed by atoms with E-state index in [-0.39, 0.29) is 11.1 Å². The first-order valence-electron chi connectivity index (χ1n) is 10.8. The number of ether oxygens (including phenoxy) is 1. The van der Waals surface area contributed by atoms with Crippen molar-refractivity contribution in [2.45, 2.75) is 6.92 Å². The van der Waals surface area contributed by atoms with Gasteiger partial charge in [0.25, 0.3) is 0 Å². The Hall–Kier alpha value is -4.17. The number of carboxylic acid groups (broad SMARTS) is 1. The lowest BCUT2D eigenvalue weighted by molar-refractivity contribution is 0.0696. The summed E-state index contributed by atoms with van der Waals surface area (Å²) in [5.41, 5.74) is 3.95. The van der Waals surface area contributed by atoms with Crippen LogP contribution < -0.4 is 10.3 Å². The van der Waals surface area contributed by atoms with E-state index in [0.29, 0.717) is 40.5 Å². The Bertz CT molecular complexity index is 1370. The Morgan fingerprint density at radius 2 is 1.76 bits per heavy atom. The molecule has 2 aromatic heterocycles. The van der Waals surface area contributed by atoms with Crippen molar-refractivity contribution >= 4 is 5.97 Å². The second-order valence-corrected chi connectivity index (χ2v) is 8.26. The third kappa shape index (κ3) is 5.07. The second-order valence-electron chi connectivity index (χ2n) is 8.26. The molecule has 3 N–H and O–H groups in total. The fraction of sp³-hybridized carbons (Fsp3) is 0.192. The quantitative estimate of drug-likeness (QED) is 0.367. The number of benzene rings is 2. The average Bonchev–Trinajstić information content (AvgIpc) is 3.25. The maximum absolute atomic E-state index is 12.0. The van der Waals surface area contributed by atoms with Gasteiger partial charge in [0.2, 0.25) is 5.56 Å². The van der Waals surface area contributed by atoms with Gasteiger partial charge in [0.05, 0.1) is 17.0 Å². The Balaban J connectivity index is 1.75. The second kappa shape index (κ2) is 9.76. The predicted molar refractivity (Wildman–Crippen MR) is 131 cm³/mol. The third-order valence-electron chi connectivity index (χ3n) is 5.44. The highest BCUT2D eigenvalue weighted by atomic mass is 16.5. The van der Waals surface area contributed by atoms with Crippen molar-refractivity contribution in [3.05, 3.63) is 82.3 Å². The number of carbonyl (C=O) groups is 1. The van der Waals surface area contributed by atoms with Gasteiger partial charge in [-0.15, -0.1) is 0 Å².